The summed E-state index contributed by atoms with van der Waals surface area (Å²) in [7, 11) is 0. The molecule has 16 aromatic carbocycles. The van der Waals surface area contributed by atoms with Crippen LogP contribution in [-0.4, -0.2) is 0 Å². The molecule has 0 atom stereocenters. The molecule has 0 saturated carbocycles. The Kier molecular flexibility index (Phi) is 13.5. The number of furan rings is 2. The first-order valence-electron chi connectivity index (χ1n) is 34.7. The first-order valence-corrected chi connectivity index (χ1v) is 34.7. The number of nitrogens with zero attached hydrogens (tertiary/aromatic N) is 2. The smallest absolute Gasteiger partial charge is 0.143 e. The van der Waals surface area contributed by atoms with Crippen LogP contribution in [0.5, 0.6) is 0 Å². The number of para-hydroxylation sites is 4. The zero-order chi connectivity index (χ0) is 66.5. The Hall–Kier alpha value is -13.3. The lowest BCUT2D eigenvalue weighted by molar-refractivity contribution is 0.669. The predicted molar refractivity (Wildman–Crippen MR) is 419 cm³/mol. The van der Waals surface area contributed by atoms with Gasteiger partial charge in [0.25, 0.3) is 0 Å². The van der Waals surface area contributed by atoms with Crippen molar-refractivity contribution in [2.75, 3.05) is 9.80 Å². The van der Waals surface area contributed by atoms with Gasteiger partial charge in [-0.05, 0) is 197 Å². The fraction of sp³-hybridized carbons (Fsp3) is 0.0103. The number of rotatable bonds is 12. The summed E-state index contributed by atoms with van der Waals surface area (Å²) in [6.07, 6.45) is 0. The Labute approximate surface area is 585 Å². The zero-order valence-corrected chi connectivity index (χ0v) is 55.0. The van der Waals surface area contributed by atoms with Crippen LogP contribution in [0.3, 0.4) is 0 Å². The molecule has 101 heavy (non-hydrogen) atoms. The molecular weight excluding hydrogens is 1230 g/mol. The van der Waals surface area contributed by atoms with Crippen LogP contribution in [0.4, 0.5) is 34.1 Å². The third kappa shape index (κ3) is 9.44. The summed E-state index contributed by atoms with van der Waals surface area (Å²) in [6, 6.07) is 137. The minimum Gasteiger partial charge on any atom is -0.455 e. The molecule has 0 amide bonds. The molecule has 0 aliphatic heterocycles. The van der Waals surface area contributed by atoms with E-state index >= 15 is 0 Å². The molecule has 4 heteroatoms. The molecule has 18 aromatic rings. The maximum absolute atomic E-state index is 6.52. The van der Waals surface area contributed by atoms with E-state index in [2.05, 4.69) is 362 Å². The van der Waals surface area contributed by atoms with Crippen LogP contribution >= 0.6 is 0 Å². The van der Waals surface area contributed by atoms with E-state index in [0.717, 1.165) is 117 Å². The number of benzene rings is 16. The first kappa shape index (κ1) is 57.9. The van der Waals surface area contributed by atoms with Crippen LogP contribution in [0.2, 0.25) is 0 Å². The lowest BCUT2D eigenvalue weighted by atomic mass is 9.70. The fourth-order valence-electron chi connectivity index (χ4n) is 16.4. The van der Waals surface area contributed by atoms with Crippen molar-refractivity contribution in [3.8, 4) is 89.0 Å². The van der Waals surface area contributed by atoms with E-state index in [0.29, 0.717) is 0 Å². The average molecular weight is 1290 g/mol. The summed E-state index contributed by atoms with van der Waals surface area (Å²) in [5.74, 6) is 0. The summed E-state index contributed by atoms with van der Waals surface area (Å²) >= 11 is 0. The molecule has 0 bridgehead atoms. The van der Waals surface area contributed by atoms with Crippen LogP contribution in [0, 0.1) is 0 Å². The minimum atomic E-state index is -0.536. The number of fused-ring (bicyclic) bond motifs is 16. The van der Waals surface area contributed by atoms with Gasteiger partial charge in [0.1, 0.15) is 22.3 Å². The molecule has 20 rings (SSSR count). The van der Waals surface area contributed by atoms with Crippen molar-refractivity contribution in [1.82, 2.24) is 0 Å². The van der Waals surface area contributed by atoms with Crippen LogP contribution < -0.4 is 9.80 Å². The van der Waals surface area contributed by atoms with E-state index in [1.165, 1.54) is 72.3 Å². The van der Waals surface area contributed by atoms with Gasteiger partial charge in [0.2, 0.25) is 0 Å². The van der Waals surface area contributed by atoms with E-state index in [4.69, 9.17) is 8.83 Å². The van der Waals surface area contributed by atoms with Gasteiger partial charge in [-0.15, -0.1) is 0 Å². The number of hydrogen-bond donors (Lipinski definition) is 0. The molecule has 0 saturated heterocycles. The fourth-order valence-corrected chi connectivity index (χ4v) is 16.4. The maximum atomic E-state index is 6.52. The lowest BCUT2D eigenvalue weighted by Gasteiger charge is -2.31. The third-order valence-corrected chi connectivity index (χ3v) is 21.2. The highest BCUT2D eigenvalue weighted by molar-refractivity contribution is 6.11. The van der Waals surface area contributed by atoms with Crippen molar-refractivity contribution in [1.29, 1.82) is 0 Å². The Morgan fingerprint density at radius 2 is 0.475 bits per heavy atom. The SMILES string of the molecule is c1ccc(-c2ccc(N(c3ccc(-c4ccc5c(c4)-c4ccc(-c6ccc(N(c7ccc(-c8ccccc8)cc7)c7ccc(-c8cccc9c8oc8ccccc89)cc7)cc6)cc4C54c5ccccc5-c5ccccc54)cc3)c3ccc(-c4cccc5c4oc4ccccc45)cc3)cc2)cc1. The molecule has 1 spiro atoms. The average Bonchev–Trinajstić information content (AvgIpc) is 1.51. The van der Waals surface area contributed by atoms with Crippen molar-refractivity contribution < 1.29 is 8.83 Å². The molecule has 0 fully saturated rings. The highest BCUT2D eigenvalue weighted by atomic mass is 16.3. The van der Waals surface area contributed by atoms with E-state index < -0.39 is 5.41 Å². The predicted octanol–water partition coefficient (Wildman–Crippen LogP) is 26.8. The van der Waals surface area contributed by atoms with Crippen molar-refractivity contribution in [3.05, 3.63) is 398 Å². The van der Waals surface area contributed by atoms with Crippen molar-refractivity contribution >= 4 is 78.0 Å². The normalized spacial score (nSPS) is 12.4. The molecule has 0 N–H and O–H groups in total. The van der Waals surface area contributed by atoms with Gasteiger partial charge in [-0.3, -0.25) is 0 Å². The van der Waals surface area contributed by atoms with Gasteiger partial charge in [0.05, 0.1) is 5.41 Å². The topological polar surface area (TPSA) is 32.8 Å². The number of anilines is 6. The van der Waals surface area contributed by atoms with E-state index in [9.17, 15) is 0 Å². The Morgan fingerprint density at radius 3 is 0.911 bits per heavy atom. The van der Waals surface area contributed by atoms with Gasteiger partial charge in [0, 0.05) is 66.8 Å². The first-order chi connectivity index (χ1) is 50.1. The second kappa shape index (κ2) is 23.5. The second-order valence-corrected chi connectivity index (χ2v) is 26.6. The van der Waals surface area contributed by atoms with Crippen molar-refractivity contribution in [2.45, 2.75) is 5.41 Å². The number of hydrogen-bond acceptors (Lipinski definition) is 4. The molecule has 2 aromatic heterocycles. The Morgan fingerprint density at radius 1 is 0.178 bits per heavy atom. The minimum absolute atomic E-state index is 0.536. The van der Waals surface area contributed by atoms with Crippen LogP contribution in [-0.2, 0) is 5.41 Å². The molecule has 4 nitrogen and oxygen atoms in total. The van der Waals surface area contributed by atoms with Gasteiger partial charge < -0.3 is 18.6 Å². The second-order valence-electron chi connectivity index (χ2n) is 26.6. The molecule has 0 unspecified atom stereocenters. The van der Waals surface area contributed by atoms with Crippen molar-refractivity contribution in [3.63, 3.8) is 0 Å². The van der Waals surface area contributed by atoms with Crippen LogP contribution in [0.1, 0.15) is 22.3 Å². The van der Waals surface area contributed by atoms with Crippen LogP contribution in [0.15, 0.2) is 385 Å². The van der Waals surface area contributed by atoms with Gasteiger partial charge in [-0.25, -0.2) is 0 Å². The quantitative estimate of drug-likeness (QED) is 0.122. The Bertz CT molecular complexity index is 6170. The highest BCUT2D eigenvalue weighted by Gasteiger charge is 2.51. The molecule has 2 heterocycles. The van der Waals surface area contributed by atoms with Gasteiger partial charge >= 0.3 is 0 Å². The van der Waals surface area contributed by atoms with E-state index in [-0.39, 0.29) is 0 Å². The van der Waals surface area contributed by atoms with Crippen molar-refractivity contribution in [2.24, 2.45) is 0 Å². The van der Waals surface area contributed by atoms with Gasteiger partial charge in [-0.2, -0.15) is 0 Å². The molecule has 2 aliphatic carbocycles. The monoisotopic (exact) mass is 1290 g/mol. The summed E-state index contributed by atoms with van der Waals surface area (Å²) in [5, 5.41) is 4.49. The lowest BCUT2D eigenvalue weighted by Crippen LogP contribution is -2.25. The summed E-state index contributed by atoms with van der Waals surface area (Å²) in [4.78, 5) is 4.72. The largest absolute Gasteiger partial charge is 0.455 e. The molecule has 0 radical (unpaired) electrons. The third-order valence-electron chi connectivity index (χ3n) is 21.2. The van der Waals surface area contributed by atoms with Gasteiger partial charge in [-0.1, -0.05) is 279 Å². The standard InChI is InChI=1S/C97H62N2O2/c1-3-17-63(18-4-1)65-33-47-73(48-34-65)98(77-55-41-69(42-56-77)79-25-15-27-86-84-23-9-13-31-93(84)100-95(79)86)75-51-37-67(38-52-75)71-46-60-91-88(61-71)83-59-45-72(62-92(83)97(91)89-29-11-7-21-81(89)82-22-8-12-30-90(82)97)68-39-53-76(54-40-68)99(74-49-35-66(36-50-74)64-19-5-2-6-20-64)78-57-43-70(44-58-78)80-26-16-28-87-85-24-10-14-32-94(85)101-96(80)87/h1-62H. The summed E-state index contributed by atoms with van der Waals surface area (Å²) < 4.78 is 13.0. The highest BCUT2D eigenvalue weighted by Crippen LogP contribution is 2.64. The molecular formula is C97H62N2O2. The zero-order valence-electron chi connectivity index (χ0n) is 55.0. The maximum Gasteiger partial charge on any atom is 0.143 e. The van der Waals surface area contributed by atoms with E-state index in [1.54, 1.807) is 0 Å². The molecule has 2 aliphatic rings. The van der Waals surface area contributed by atoms with Crippen LogP contribution in [0.25, 0.3) is 133 Å². The summed E-state index contributed by atoms with van der Waals surface area (Å²) in [6.45, 7) is 0. The Balaban J connectivity index is 0.661. The van der Waals surface area contributed by atoms with Gasteiger partial charge in [0.15, 0.2) is 0 Å². The summed E-state index contributed by atoms with van der Waals surface area (Å²) in [5.41, 5.74) is 33.4. The molecule has 472 valence electrons. The van der Waals surface area contributed by atoms with E-state index in [1.807, 2.05) is 24.3 Å².